The standard InChI is InChI=1S/C21H22ClN3O3/c1-13-12-28-8-7-25(13)20-10-17(22)16-4-5-18(23-21(16)24-20)14-3-6-19(27-2)15(9-14)11-26/h3-6,9-10,13,26H,7-8,11-12H2,1-2H3/t13-/m0/s1. The summed E-state index contributed by atoms with van der Waals surface area (Å²) in [4.78, 5) is 11.7. The van der Waals surface area contributed by atoms with Gasteiger partial charge in [0, 0.05) is 29.1 Å². The van der Waals surface area contributed by atoms with Crippen molar-refractivity contribution in [2.75, 3.05) is 31.8 Å². The van der Waals surface area contributed by atoms with Crippen molar-refractivity contribution in [1.82, 2.24) is 9.97 Å². The van der Waals surface area contributed by atoms with Crippen LogP contribution in [0.5, 0.6) is 5.75 Å². The zero-order valence-corrected chi connectivity index (χ0v) is 16.6. The molecule has 0 unspecified atom stereocenters. The molecular formula is C21H22ClN3O3. The van der Waals surface area contributed by atoms with Gasteiger partial charge >= 0.3 is 0 Å². The Balaban J connectivity index is 1.77. The minimum Gasteiger partial charge on any atom is -0.496 e. The Labute approximate surface area is 168 Å². The normalized spacial score (nSPS) is 17.1. The van der Waals surface area contributed by atoms with Crippen molar-refractivity contribution in [3.63, 3.8) is 0 Å². The van der Waals surface area contributed by atoms with Gasteiger partial charge in [-0.3, -0.25) is 0 Å². The second-order valence-corrected chi connectivity index (χ2v) is 7.24. The van der Waals surface area contributed by atoms with E-state index < -0.39 is 0 Å². The fraction of sp³-hybridized carbons (Fsp3) is 0.333. The van der Waals surface area contributed by atoms with E-state index in [9.17, 15) is 5.11 Å². The van der Waals surface area contributed by atoms with Gasteiger partial charge in [-0.1, -0.05) is 11.6 Å². The number of nitrogens with zero attached hydrogens (tertiary/aromatic N) is 3. The van der Waals surface area contributed by atoms with E-state index in [1.165, 1.54) is 0 Å². The van der Waals surface area contributed by atoms with E-state index >= 15 is 0 Å². The van der Waals surface area contributed by atoms with E-state index in [2.05, 4.69) is 11.8 Å². The maximum absolute atomic E-state index is 9.59. The van der Waals surface area contributed by atoms with Gasteiger partial charge in [0.1, 0.15) is 11.6 Å². The smallest absolute Gasteiger partial charge is 0.163 e. The number of aliphatic hydroxyl groups is 1. The third kappa shape index (κ3) is 3.51. The fourth-order valence-electron chi connectivity index (χ4n) is 3.49. The zero-order valence-electron chi connectivity index (χ0n) is 15.9. The number of benzene rings is 1. The first-order valence-electron chi connectivity index (χ1n) is 9.20. The van der Waals surface area contributed by atoms with E-state index in [0.29, 0.717) is 35.2 Å². The van der Waals surface area contributed by atoms with Crippen molar-refractivity contribution in [2.24, 2.45) is 0 Å². The second kappa shape index (κ2) is 7.91. The molecule has 146 valence electrons. The number of aliphatic hydroxyl groups excluding tert-OH is 1. The van der Waals surface area contributed by atoms with Gasteiger partial charge in [-0.05, 0) is 37.3 Å². The molecule has 3 aromatic rings. The van der Waals surface area contributed by atoms with Crippen LogP contribution in [0.4, 0.5) is 5.82 Å². The number of rotatable bonds is 4. The number of fused-ring (bicyclic) bond motifs is 1. The Morgan fingerprint density at radius 3 is 2.86 bits per heavy atom. The average molecular weight is 400 g/mol. The summed E-state index contributed by atoms with van der Waals surface area (Å²) in [5, 5.41) is 11.0. The van der Waals surface area contributed by atoms with Crippen molar-refractivity contribution in [1.29, 1.82) is 0 Å². The highest BCUT2D eigenvalue weighted by Gasteiger charge is 2.21. The number of hydrogen-bond acceptors (Lipinski definition) is 6. The lowest BCUT2D eigenvalue weighted by atomic mass is 10.1. The van der Waals surface area contributed by atoms with Gasteiger partial charge in [-0.25, -0.2) is 9.97 Å². The molecule has 0 saturated carbocycles. The number of pyridine rings is 2. The molecule has 1 aliphatic heterocycles. The summed E-state index contributed by atoms with van der Waals surface area (Å²) in [6, 6.07) is 11.6. The predicted molar refractivity (Wildman–Crippen MR) is 110 cm³/mol. The van der Waals surface area contributed by atoms with Gasteiger partial charge in [0.2, 0.25) is 0 Å². The average Bonchev–Trinajstić information content (AvgIpc) is 2.73. The zero-order chi connectivity index (χ0) is 19.7. The molecule has 0 bridgehead atoms. The monoisotopic (exact) mass is 399 g/mol. The maximum atomic E-state index is 9.59. The third-order valence-corrected chi connectivity index (χ3v) is 5.33. The highest BCUT2D eigenvalue weighted by Crippen LogP contribution is 2.31. The first-order valence-corrected chi connectivity index (χ1v) is 9.58. The topological polar surface area (TPSA) is 67.7 Å². The first-order chi connectivity index (χ1) is 13.6. The van der Waals surface area contributed by atoms with Crippen LogP contribution >= 0.6 is 11.6 Å². The van der Waals surface area contributed by atoms with Gasteiger partial charge < -0.3 is 19.5 Å². The molecule has 1 atom stereocenters. The SMILES string of the molecule is COc1ccc(-c2ccc3c(Cl)cc(N4CCOC[C@@H]4C)nc3n2)cc1CO. The number of ether oxygens (including phenoxy) is 2. The van der Waals surface area contributed by atoms with Crippen molar-refractivity contribution >= 4 is 28.5 Å². The molecule has 0 radical (unpaired) electrons. The molecule has 0 spiro atoms. The Morgan fingerprint density at radius 2 is 2.11 bits per heavy atom. The quantitative estimate of drug-likeness (QED) is 0.721. The van der Waals surface area contributed by atoms with E-state index in [4.69, 9.17) is 31.0 Å². The fourth-order valence-corrected chi connectivity index (χ4v) is 3.73. The van der Waals surface area contributed by atoms with Crippen LogP contribution in [-0.2, 0) is 11.3 Å². The van der Waals surface area contributed by atoms with E-state index in [0.717, 1.165) is 29.0 Å². The Bertz CT molecular complexity index is 1010. The number of anilines is 1. The van der Waals surface area contributed by atoms with E-state index in [1.807, 2.05) is 36.4 Å². The molecule has 7 heteroatoms. The molecule has 2 aromatic heterocycles. The molecule has 4 rings (SSSR count). The molecule has 28 heavy (non-hydrogen) atoms. The van der Waals surface area contributed by atoms with Gasteiger partial charge in [-0.2, -0.15) is 0 Å². The van der Waals surface area contributed by atoms with E-state index in [-0.39, 0.29) is 12.6 Å². The predicted octanol–water partition coefficient (Wildman–Crippen LogP) is 3.68. The largest absolute Gasteiger partial charge is 0.496 e. The molecule has 1 aliphatic rings. The van der Waals surface area contributed by atoms with Crippen LogP contribution in [-0.4, -0.2) is 48.0 Å². The molecule has 1 N–H and O–H groups in total. The van der Waals surface area contributed by atoms with Crippen molar-refractivity contribution < 1.29 is 14.6 Å². The summed E-state index contributed by atoms with van der Waals surface area (Å²) in [7, 11) is 1.59. The Kier molecular flexibility index (Phi) is 5.35. The summed E-state index contributed by atoms with van der Waals surface area (Å²) in [5.74, 6) is 1.46. The Morgan fingerprint density at radius 1 is 1.25 bits per heavy atom. The van der Waals surface area contributed by atoms with Crippen LogP contribution in [0.2, 0.25) is 5.02 Å². The van der Waals surface area contributed by atoms with Crippen LogP contribution in [0, 0.1) is 0 Å². The van der Waals surface area contributed by atoms with Gasteiger partial charge in [0.25, 0.3) is 0 Å². The first kappa shape index (κ1) is 18.9. The van der Waals surface area contributed by atoms with Crippen LogP contribution in [0.1, 0.15) is 12.5 Å². The molecule has 1 saturated heterocycles. The van der Waals surface area contributed by atoms with Gasteiger partial charge in [-0.15, -0.1) is 0 Å². The van der Waals surface area contributed by atoms with Crippen LogP contribution in [0.3, 0.4) is 0 Å². The lowest BCUT2D eigenvalue weighted by Gasteiger charge is -2.34. The van der Waals surface area contributed by atoms with Crippen LogP contribution in [0.15, 0.2) is 36.4 Å². The minimum absolute atomic E-state index is 0.103. The molecule has 3 heterocycles. The molecule has 0 amide bonds. The lowest BCUT2D eigenvalue weighted by Crippen LogP contribution is -2.44. The second-order valence-electron chi connectivity index (χ2n) is 6.83. The van der Waals surface area contributed by atoms with Crippen molar-refractivity contribution in [3.05, 3.63) is 47.0 Å². The molecule has 6 nitrogen and oxygen atoms in total. The summed E-state index contributed by atoms with van der Waals surface area (Å²) < 4.78 is 10.8. The number of methoxy groups -OCH3 is 1. The molecule has 1 fully saturated rings. The molecule has 1 aromatic carbocycles. The third-order valence-electron chi connectivity index (χ3n) is 5.02. The van der Waals surface area contributed by atoms with Crippen LogP contribution < -0.4 is 9.64 Å². The van der Waals surface area contributed by atoms with Crippen molar-refractivity contribution in [3.8, 4) is 17.0 Å². The van der Waals surface area contributed by atoms with Gasteiger partial charge in [0.05, 0.1) is 43.7 Å². The summed E-state index contributed by atoms with van der Waals surface area (Å²) in [6.07, 6.45) is 0. The van der Waals surface area contributed by atoms with E-state index in [1.54, 1.807) is 7.11 Å². The molecular weight excluding hydrogens is 378 g/mol. The number of halogens is 1. The number of morpholine rings is 1. The Hall–Kier alpha value is -2.41. The van der Waals surface area contributed by atoms with Gasteiger partial charge in [0.15, 0.2) is 5.65 Å². The summed E-state index contributed by atoms with van der Waals surface area (Å²) in [6.45, 7) is 4.11. The molecule has 0 aliphatic carbocycles. The minimum atomic E-state index is -0.103. The maximum Gasteiger partial charge on any atom is 0.163 e. The lowest BCUT2D eigenvalue weighted by molar-refractivity contribution is 0.0985. The highest BCUT2D eigenvalue weighted by molar-refractivity contribution is 6.35. The van der Waals surface area contributed by atoms with Crippen molar-refractivity contribution in [2.45, 2.75) is 19.6 Å². The highest BCUT2D eigenvalue weighted by atomic mass is 35.5. The number of hydrogen-bond donors (Lipinski definition) is 1. The number of aromatic nitrogens is 2. The van der Waals surface area contributed by atoms with Crippen LogP contribution in [0.25, 0.3) is 22.3 Å². The summed E-state index contributed by atoms with van der Waals surface area (Å²) in [5.41, 5.74) is 2.96. The summed E-state index contributed by atoms with van der Waals surface area (Å²) >= 11 is 6.53.